The van der Waals surface area contributed by atoms with E-state index in [0.717, 1.165) is 13.0 Å². The third kappa shape index (κ3) is 4.36. The van der Waals surface area contributed by atoms with E-state index in [1.54, 1.807) is 24.3 Å². The van der Waals surface area contributed by atoms with E-state index in [1.165, 1.54) is 6.07 Å². The molecule has 0 amide bonds. The molecule has 0 aromatic heterocycles. The van der Waals surface area contributed by atoms with Crippen LogP contribution in [0.3, 0.4) is 0 Å². The lowest BCUT2D eigenvalue weighted by Crippen LogP contribution is -2.24. The lowest BCUT2D eigenvalue weighted by Gasteiger charge is -2.07. The molecule has 1 N–H and O–H groups in total. The van der Waals surface area contributed by atoms with Gasteiger partial charge >= 0.3 is 0 Å². The lowest BCUT2D eigenvalue weighted by atomic mass is 10.1. The first-order valence-corrected chi connectivity index (χ1v) is 5.80. The maximum Gasteiger partial charge on any atom is 0.276 e. The Kier molecular flexibility index (Phi) is 5.36. The standard InChI is InChI=1S/C13H18N2O2/c1-3-10-14-11(2)8-9-12-6-4-5-7-13(12)15(16)17/h4-9,11,14H,3,10H2,1-2H3/b9-8+. The summed E-state index contributed by atoms with van der Waals surface area (Å²) in [6.45, 7) is 5.08. The highest BCUT2D eigenvalue weighted by Crippen LogP contribution is 2.18. The zero-order valence-electron chi connectivity index (χ0n) is 10.2. The Hall–Kier alpha value is -1.68. The Balaban J connectivity index is 2.73. The second kappa shape index (κ2) is 6.81. The second-order valence-corrected chi connectivity index (χ2v) is 3.92. The summed E-state index contributed by atoms with van der Waals surface area (Å²) in [5.74, 6) is 0. The van der Waals surface area contributed by atoms with Crippen LogP contribution in [0.5, 0.6) is 0 Å². The summed E-state index contributed by atoms with van der Waals surface area (Å²) in [7, 11) is 0. The number of hydrogen-bond donors (Lipinski definition) is 1. The molecule has 0 spiro atoms. The molecule has 0 aliphatic heterocycles. The zero-order valence-corrected chi connectivity index (χ0v) is 10.2. The molecular weight excluding hydrogens is 216 g/mol. The van der Waals surface area contributed by atoms with Gasteiger partial charge in [0.2, 0.25) is 0 Å². The number of nitro groups is 1. The average Bonchev–Trinajstić information content (AvgIpc) is 2.34. The Morgan fingerprint density at radius 2 is 2.18 bits per heavy atom. The third-order valence-electron chi connectivity index (χ3n) is 2.41. The van der Waals surface area contributed by atoms with Gasteiger partial charge in [-0.2, -0.15) is 0 Å². The highest BCUT2D eigenvalue weighted by atomic mass is 16.6. The summed E-state index contributed by atoms with van der Waals surface area (Å²) in [6.07, 6.45) is 4.81. The number of benzene rings is 1. The van der Waals surface area contributed by atoms with Gasteiger partial charge in [0.25, 0.3) is 5.69 Å². The van der Waals surface area contributed by atoms with E-state index >= 15 is 0 Å². The monoisotopic (exact) mass is 234 g/mol. The largest absolute Gasteiger partial charge is 0.311 e. The summed E-state index contributed by atoms with van der Waals surface area (Å²) < 4.78 is 0. The predicted octanol–water partition coefficient (Wildman–Crippen LogP) is 3.00. The molecule has 17 heavy (non-hydrogen) atoms. The average molecular weight is 234 g/mol. The first kappa shape index (κ1) is 13.4. The second-order valence-electron chi connectivity index (χ2n) is 3.92. The molecule has 92 valence electrons. The van der Waals surface area contributed by atoms with Gasteiger partial charge in [-0.15, -0.1) is 0 Å². The van der Waals surface area contributed by atoms with Crippen molar-refractivity contribution in [3.05, 3.63) is 46.0 Å². The molecule has 1 unspecified atom stereocenters. The summed E-state index contributed by atoms with van der Waals surface area (Å²) >= 11 is 0. The van der Waals surface area contributed by atoms with Crippen LogP contribution in [0.15, 0.2) is 30.3 Å². The van der Waals surface area contributed by atoms with Gasteiger partial charge in [0, 0.05) is 12.1 Å². The molecule has 0 fully saturated rings. The number of nitro benzene ring substituents is 1. The molecule has 0 radical (unpaired) electrons. The van der Waals surface area contributed by atoms with E-state index < -0.39 is 0 Å². The van der Waals surface area contributed by atoms with Gasteiger partial charge in [0.05, 0.1) is 10.5 Å². The summed E-state index contributed by atoms with van der Waals surface area (Å²) in [6, 6.07) is 6.96. The van der Waals surface area contributed by atoms with Crippen LogP contribution in [0.1, 0.15) is 25.8 Å². The molecule has 4 nitrogen and oxygen atoms in total. The minimum absolute atomic E-state index is 0.145. The van der Waals surface area contributed by atoms with Crippen molar-refractivity contribution >= 4 is 11.8 Å². The first-order valence-electron chi connectivity index (χ1n) is 5.80. The van der Waals surface area contributed by atoms with Crippen molar-refractivity contribution in [1.82, 2.24) is 5.32 Å². The molecule has 0 saturated carbocycles. The summed E-state index contributed by atoms with van der Waals surface area (Å²) in [5, 5.41) is 14.1. The fraction of sp³-hybridized carbons (Fsp3) is 0.385. The van der Waals surface area contributed by atoms with E-state index in [9.17, 15) is 10.1 Å². The molecule has 1 aromatic carbocycles. The van der Waals surface area contributed by atoms with E-state index in [1.807, 2.05) is 13.0 Å². The number of nitrogens with one attached hydrogen (secondary N) is 1. The van der Waals surface area contributed by atoms with Gasteiger partial charge in [0.1, 0.15) is 0 Å². The van der Waals surface area contributed by atoms with E-state index in [0.29, 0.717) is 5.56 Å². The van der Waals surface area contributed by atoms with Crippen LogP contribution in [0.25, 0.3) is 6.08 Å². The lowest BCUT2D eigenvalue weighted by molar-refractivity contribution is -0.385. The zero-order chi connectivity index (χ0) is 12.7. The number of rotatable bonds is 6. The fourth-order valence-electron chi connectivity index (χ4n) is 1.48. The minimum Gasteiger partial charge on any atom is -0.311 e. The van der Waals surface area contributed by atoms with Crippen molar-refractivity contribution in [1.29, 1.82) is 0 Å². The van der Waals surface area contributed by atoms with Crippen LogP contribution in [0.4, 0.5) is 5.69 Å². The quantitative estimate of drug-likeness (QED) is 0.608. The molecule has 4 heteroatoms. The Labute approximate surface area is 101 Å². The minimum atomic E-state index is -0.357. The normalized spacial score (nSPS) is 12.8. The molecule has 0 aliphatic rings. The van der Waals surface area contributed by atoms with Crippen molar-refractivity contribution in [2.75, 3.05) is 6.54 Å². The van der Waals surface area contributed by atoms with Crippen molar-refractivity contribution in [3.63, 3.8) is 0 Å². The number of para-hydroxylation sites is 1. The van der Waals surface area contributed by atoms with Gasteiger partial charge < -0.3 is 5.32 Å². The molecule has 1 atom stereocenters. The van der Waals surface area contributed by atoms with Gasteiger partial charge in [-0.1, -0.05) is 31.2 Å². The molecular formula is C13H18N2O2. The Morgan fingerprint density at radius 3 is 2.82 bits per heavy atom. The smallest absolute Gasteiger partial charge is 0.276 e. The summed E-state index contributed by atoms with van der Waals surface area (Å²) in [4.78, 5) is 10.4. The van der Waals surface area contributed by atoms with E-state index in [4.69, 9.17) is 0 Å². The first-order chi connectivity index (χ1) is 8.15. The highest BCUT2D eigenvalue weighted by molar-refractivity contribution is 5.60. The molecule has 1 rings (SSSR count). The van der Waals surface area contributed by atoms with Crippen LogP contribution in [-0.4, -0.2) is 17.5 Å². The maximum absolute atomic E-state index is 10.8. The number of nitrogens with zero attached hydrogens (tertiary/aromatic N) is 1. The van der Waals surface area contributed by atoms with Gasteiger partial charge in [0.15, 0.2) is 0 Å². The van der Waals surface area contributed by atoms with E-state index in [-0.39, 0.29) is 16.7 Å². The number of hydrogen-bond acceptors (Lipinski definition) is 3. The Morgan fingerprint density at radius 1 is 1.47 bits per heavy atom. The van der Waals surface area contributed by atoms with Gasteiger partial charge in [-0.3, -0.25) is 10.1 Å². The highest BCUT2D eigenvalue weighted by Gasteiger charge is 2.09. The Bertz CT molecular complexity index is 402. The fourth-order valence-corrected chi connectivity index (χ4v) is 1.48. The topological polar surface area (TPSA) is 55.2 Å². The van der Waals surface area contributed by atoms with Gasteiger partial charge in [-0.05, 0) is 26.0 Å². The molecule has 0 bridgehead atoms. The molecule has 0 saturated heterocycles. The van der Waals surface area contributed by atoms with Crippen molar-refractivity contribution < 1.29 is 4.92 Å². The van der Waals surface area contributed by atoms with Crippen LogP contribution in [-0.2, 0) is 0 Å². The van der Waals surface area contributed by atoms with Crippen LogP contribution >= 0.6 is 0 Å². The van der Waals surface area contributed by atoms with Crippen molar-refractivity contribution in [2.45, 2.75) is 26.3 Å². The van der Waals surface area contributed by atoms with Crippen LogP contribution in [0.2, 0.25) is 0 Å². The molecule has 0 aliphatic carbocycles. The van der Waals surface area contributed by atoms with Crippen molar-refractivity contribution in [3.8, 4) is 0 Å². The maximum atomic E-state index is 10.8. The van der Waals surface area contributed by atoms with Crippen molar-refractivity contribution in [2.24, 2.45) is 0 Å². The van der Waals surface area contributed by atoms with Crippen LogP contribution < -0.4 is 5.32 Å². The van der Waals surface area contributed by atoms with Gasteiger partial charge in [-0.25, -0.2) is 0 Å². The molecule has 1 aromatic rings. The van der Waals surface area contributed by atoms with Crippen LogP contribution in [0, 0.1) is 10.1 Å². The third-order valence-corrected chi connectivity index (χ3v) is 2.41. The predicted molar refractivity (Wildman–Crippen MR) is 69.9 cm³/mol. The van der Waals surface area contributed by atoms with E-state index in [2.05, 4.69) is 12.2 Å². The SMILES string of the molecule is CCCNC(C)/C=C/c1ccccc1[N+](=O)[O-]. The summed E-state index contributed by atoms with van der Waals surface area (Å²) in [5.41, 5.74) is 0.786. The molecule has 0 heterocycles.